The Balaban J connectivity index is 1.97. The molecule has 1 unspecified atom stereocenters. The monoisotopic (exact) mass is 350 g/mol. The van der Waals surface area contributed by atoms with Crippen LogP contribution in [0.25, 0.3) is 0 Å². The minimum Gasteiger partial charge on any atom is -0.497 e. The first-order chi connectivity index (χ1) is 10.1. The number of ether oxygens (including phenoxy) is 2. The van der Waals surface area contributed by atoms with Gasteiger partial charge in [-0.2, -0.15) is 0 Å². The Morgan fingerprint density at radius 1 is 1.05 bits per heavy atom. The summed E-state index contributed by atoms with van der Waals surface area (Å²) in [4.78, 5) is 0. The summed E-state index contributed by atoms with van der Waals surface area (Å²) in [6.45, 7) is 0. The maximum Gasteiger partial charge on any atom is 0.133 e. The zero-order valence-electron chi connectivity index (χ0n) is 12.2. The molecule has 1 atom stereocenters. The molecule has 1 N–H and O–H groups in total. The molecule has 2 aromatic carbocycles. The Morgan fingerprint density at radius 3 is 2.33 bits per heavy atom. The number of aliphatic hydroxyl groups is 1. The number of benzene rings is 2. The third kappa shape index (κ3) is 4.22. The Kier molecular flexibility index (Phi) is 5.65. The van der Waals surface area contributed by atoms with Crippen molar-refractivity contribution < 1.29 is 14.6 Å². The zero-order chi connectivity index (χ0) is 15.2. The molecular weight excluding hydrogens is 332 g/mol. The molecule has 2 aromatic rings. The molecule has 4 heteroatoms. The van der Waals surface area contributed by atoms with E-state index in [1.807, 2.05) is 42.5 Å². The molecule has 0 saturated heterocycles. The van der Waals surface area contributed by atoms with Gasteiger partial charge in [-0.1, -0.05) is 18.2 Å². The van der Waals surface area contributed by atoms with Crippen LogP contribution in [0, 0.1) is 0 Å². The van der Waals surface area contributed by atoms with E-state index in [0.717, 1.165) is 28.0 Å². The van der Waals surface area contributed by atoms with Crippen LogP contribution in [-0.4, -0.2) is 19.3 Å². The summed E-state index contributed by atoms with van der Waals surface area (Å²) in [6, 6.07) is 13.6. The van der Waals surface area contributed by atoms with Gasteiger partial charge in [0.1, 0.15) is 11.5 Å². The van der Waals surface area contributed by atoms with Gasteiger partial charge in [0, 0.05) is 0 Å². The number of rotatable bonds is 6. The zero-order valence-corrected chi connectivity index (χ0v) is 13.8. The minimum absolute atomic E-state index is 0.491. The predicted octanol–water partition coefficient (Wildman–Crippen LogP) is 4.13. The maximum atomic E-state index is 10.3. The number of aliphatic hydroxyl groups excluding tert-OH is 1. The highest BCUT2D eigenvalue weighted by Crippen LogP contribution is 2.29. The van der Waals surface area contributed by atoms with Gasteiger partial charge in [-0.15, -0.1) is 0 Å². The van der Waals surface area contributed by atoms with Crippen LogP contribution in [0.1, 0.15) is 23.7 Å². The fourth-order valence-electron chi connectivity index (χ4n) is 2.15. The van der Waals surface area contributed by atoms with Crippen LogP contribution in [0.2, 0.25) is 0 Å². The standard InChI is InChI=1S/C17H19BrO3/c1-20-14-7-3-12(4-8-14)5-9-16(19)13-6-10-17(21-2)15(18)11-13/h3-4,6-8,10-11,16,19H,5,9H2,1-2H3. The molecule has 0 aliphatic carbocycles. The SMILES string of the molecule is COc1ccc(CCC(O)c2ccc(OC)c(Br)c2)cc1. The third-order valence-corrected chi connectivity index (χ3v) is 4.05. The highest BCUT2D eigenvalue weighted by atomic mass is 79.9. The van der Waals surface area contributed by atoms with Gasteiger partial charge < -0.3 is 14.6 Å². The van der Waals surface area contributed by atoms with Crippen molar-refractivity contribution in [3.63, 3.8) is 0 Å². The first-order valence-corrected chi connectivity index (χ1v) is 7.57. The average molecular weight is 351 g/mol. The summed E-state index contributed by atoms with van der Waals surface area (Å²) in [7, 11) is 3.28. The van der Waals surface area contributed by atoms with Gasteiger partial charge in [0.15, 0.2) is 0 Å². The summed E-state index contributed by atoms with van der Waals surface area (Å²) in [5, 5.41) is 10.3. The first-order valence-electron chi connectivity index (χ1n) is 6.78. The van der Waals surface area contributed by atoms with Crippen LogP contribution in [0.4, 0.5) is 0 Å². The van der Waals surface area contributed by atoms with Gasteiger partial charge in [-0.3, -0.25) is 0 Å². The summed E-state index contributed by atoms with van der Waals surface area (Å²) in [5.74, 6) is 1.61. The van der Waals surface area contributed by atoms with E-state index in [4.69, 9.17) is 9.47 Å². The van der Waals surface area contributed by atoms with E-state index >= 15 is 0 Å². The van der Waals surface area contributed by atoms with Crippen molar-refractivity contribution in [3.05, 3.63) is 58.1 Å². The topological polar surface area (TPSA) is 38.7 Å². The van der Waals surface area contributed by atoms with Crippen LogP contribution in [-0.2, 0) is 6.42 Å². The van der Waals surface area contributed by atoms with Crippen LogP contribution < -0.4 is 9.47 Å². The molecule has 112 valence electrons. The molecule has 0 saturated carbocycles. The van der Waals surface area contributed by atoms with E-state index in [-0.39, 0.29) is 0 Å². The van der Waals surface area contributed by atoms with Gasteiger partial charge >= 0.3 is 0 Å². The van der Waals surface area contributed by atoms with Crippen LogP contribution in [0.3, 0.4) is 0 Å². The quantitative estimate of drug-likeness (QED) is 0.850. The van der Waals surface area contributed by atoms with E-state index in [1.165, 1.54) is 5.56 Å². The lowest BCUT2D eigenvalue weighted by molar-refractivity contribution is 0.167. The van der Waals surface area contributed by atoms with Gasteiger partial charge in [0.2, 0.25) is 0 Å². The Bertz CT molecular complexity index is 581. The molecule has 0 spiro atoms. The molecule has 0 aromatic heterocycles. The first kappa shape index (κ1) is 15.9. The lowest BCUT2D eigenvalue weighted by Gasteiger charge is -2.13. The Labute approximate surface area is 133 Å². The maximum absolute atomic E-state index is 10.3. The van der Waals surface area contributed by atoms with E-state index in [2.05, 4.69) is 15.9 Å². The number of methoxy groups -OCH3 is 2. The van der Waals surface area contributed by atoms with Gasteiger partial charge in [0.25, 0.3) is 0 Å². The molecule has 0 amide bonds. The molecule has 0 bridgehead atoms. The van der Waals surface area contributed by atoms with Crippen molar-refractivity contribution in [2.24, 2.45) is 0 Å². The largest absolute Gasteiger partial charge is 0.497 e. The molecule has 0 aliphatic rings. The molecule has 3 nitrogen and oxygen atoms in total. The van der Waals surface area contributed by atoms with E-state index in [9.17, 15) is 5.11 Å². The molecule has 21 heavy (non-hydrogen) atoms. The fraction of sp³-hybridized carbons (Fsp3) is 0.294. The third-order valence-electron chi connectivity index (χ3n) is 3.43. The number of halogens is 1. The van der Waals surface area contributed by atoms with Gasteiger partial charge in [-0.25, -0.2) is 0 Å². The van der Waals surface area contributed by atoms with Crippen molar-refractivity contribution in [3.8, 4) is 11.5 Å². The number of hydrogen-bond acceptors (Lipinski definition) is 3. The number of aryl methyl sites for hydroxylation is 1. The number of hydrogen-bond donors (Lipinski definition) is 1. The molecule has 0 heterocycles. The molecular formula is C17H19BrO3. The summed E-state index contributed by atoms with van der Waals surface area (Å²) in [5.41, 5.74) is 2.07. The second-order valence-corrected chi connectivity index (χ2v) is 5.65. The van der Waals surface area contributed by atoms with E-state index < -0.39 is 6.10 Å². The smallest absolute Gasteiger partial charge is 0.133 e. The van der Waals surface area contributed by atoms with Crippen molar-refractivity contribution in [2.75, 3.05) is 14.2 Å². The summed E-state index contributed by atoms with van der Waals surface area (Å²) in [6.07, 6.45) is 0.995. The highest BCUT2D eigenvalue weighted by molar-refractivity contribution is 9.10. The van der Waals surface area contributed by atoms with Crippen LogP contribution in [0.5, 0.6) is 11.5 Å². The van der Waals surface area contributed by atoms with E-state index in [0.29, 0.717) is 6.42 Å². The van der Waals surface area contributed by atoms with Crippen molar-refractivity contribution >= 4 is 15.9 Å². The molecule has 0 radical (unpaired) electrons. The van der Waals surface area contributed by atoms with Crippen LogP contribution >= 0.6 is 15.9 Å². The van der Waals surface area contributed by atoms with Gasteiger partial charge in [-0.05, 0) is 64.2 Å². The summed E-state index contributed by atoms with van der Waals surface area (Å²) >= 11 is 3.44. The molecule has 2 rings (SSSR count). The lowest BCUT2D eigenvalue weighted by atomic mass is 10.0. The Hall–Kier alpha value is -1.52. The van der Waals surface area contributed by atoms with Crippen molar-refractivity contribution in [1.29, 1.82) is 0 Å². The normalized spacial score (nSPS) is 12.0. The fourth-order valence-corrected chi connectivity index (χ4v) is 2.71. The van der Waals surface area contributed by atoms with Crippen molar-refractivity contribution in [1.82, 2.24) is 0 Å². The lowest BCUT2D eigenvalue weighted by Crippen LogP contribution is -2.00. The summed E-state index contributed by atoms with van der Waals surface area (Å²) < 4.78 is 11.2. The van der Waals surface area contributed by atoms with Crippen LogP contribution in [0.15, 0.2) is 46.9 Å². The highest BCUT2D eigenvalue weighted by Gasteiger charge is 2.10. The second-order valence-electron chi connectivity index (χ2n) is 4.80. The predicted molar refractivity (Wildman–Crippen MR) is 87.0 cm³/mol. The Morgan fingerprint density at radius 2 is 1.76 bits per heavy atom. The van der Waals surface area contributed by atoms with Gasteiger partial charge in [0.05, 0.1) is 24.8 Å². The average Bonchev–Trinajstić information content (AvgIpc) is 2.53. The van der Waals surface area contributed by atoms with Crippen molar-refractivity contribution in [2.45, 2.75) is 18.9 Å². The van der Waals surface area contributed by atoms with E-state index in [1.54, 1.807) is 14.2 Å². The molecule has 0 fully saturated rings. The minimum atomic E-state index is -0.491. The second kappa shape index (κ2) is 7.48. The molecule has 0 aliphatic heterocycles.